The van der Waals surface area contributed by atoms with Gasteiger partial charge >= 0.3 is 6.03 Å². The van der Waals surface area contributed by atoms with Crippen LogP contribution in [0.1, 0.15) is 33.3 Å². The van der Waals surface area contributed by atoms with Gasteiger partial charge in [-0.2, -0.15) is 0 Å². The number of rotatable bonds is 2. The zero-order valence-electron chi connectivity index (χ0n) is 17.0. The number of aromatic nitrogens is 1. The maximum atomic E-state index is 13.6. The molecule has 5 heteroatoms. The summed E-state index contributed by atoms with van der Waals surface area (Å²) in [4.78, 5) is 16.7. The first kappa shape index (κ1) is 18.7. The Morgan fingerprint density at radius 2 is 1.90 bits per heavy atom. The van der Waals surface area contributed by atoms with Crippen LogP contribution in [-0.4, -0.2) is 15.5 Å². The number of carbonyl (C=O) groups excluding carboxylic acids is 1. The Hall–Kier alpha value is -3.31. The molecule has 0 aliphatic carbocycles. The van der Waals surface area contributed by atoms with Gasteiger partial charge in [-0.25, -0.2) is 4.79 Å². The van der Waals surface area contributed by atoms with E-state index in [1.165, 1.54) is 0 Å². The minimum atomic E-state index is -0.155. The fourth-order valence-corrected chi connectivity index (χ4v) is 4.99. The highest BCUT2D eigenvalue weighted by atomic mass is 32.1. The number of para-hydroxylation sites is 1. The Balaban J connectivity index is 1.62. The van der Waals surface area contributed by atoms with E-state index in [9.17, 15) is 4.79 Å². The molecular weight excluding hydrogens is 390 g/mol. The lowest BCUT2D eigenvalue weighted by Crippen LogP contribution is -2.37. The first-order valence-corrected chi connectivity index (χ1v) is 10.9. The van der Waals surface area contributed by atoms with E-state index < -0.39 is 0 Å². The fraction of sp³-hybridized carbons (Fsp3) is 0.160. The van der Waals surface area contributed by atoms with Gasteiger partial charge in [0.05, 0.1) is 17.9 Å². The molecule has 5 rings (SSSR count). The SMILES string of the molecule is Cc1ccc(C)c(NC(=O)N2Cc3ccccc3-n3cccc3[C@@H]2c2cccs2)c1. The summed E-state index contributed by atoms with van der Waals surface area (Å²) in [7, 11) is 0. The van der Waals surface area contributed by atoms with Gasteiger partial charge in [-0.15, -0.1) is 11.3 Å². The predicted molar refractivity (Wildman–Crippen MR) is 122 cm³/mol. The number of hydrogen-bond acceptors (Lipinski definition) is 2. The summed E-state index contributed by atoms with van der Waals surface area (Å²) in [6, 6.07) is 22.5. The lowest BCUT2D eigenvalue weighted by molar-refractivity contribution is 0.195. The third kappa shape index (κ3) is 3.21. The molecule has 1 aliphatic heterocycles. The van der Waals surface area contributed by atoms with Gasteiger partial charge < -0.3 is 14.8 Å². The number of fused-ring (bicyclic) bond motifs is 3. The highest BCUT2D eigenvalue weighted by Crippen LogP contribution is 2.38. The highest BCUT2D eigenvalue weighted by molar-refractivity contribution is 7.10. The van der Waals surface area contributed by atoms with Gasteiger partial charge in [-0.3, -0.25) is 0 Å². The minimum Gasteiger partial charge on any atom is -0.318 e. The molecule has 2 aromatic carbocycles. The minimum absolute atomic E-state index is 0.0912. The van der Waals surface area contributed by atoms with Gasteiger partial charge in [0.15, 0.2) is 0 Å². The molecule has 4 aromatic rings. The van der Waals surface area contributed by atoms with E-state index in [4.69, 9.17) is 0 Å². The Labute approximate surface area is 180 Å². The standard InChI is InChI=1S/C25H23N3OS/c1-17-11-12-18(2)20(15-17)26-25(29)28-16-19-7-3-4-8-21(19)27-13-5-9-22(27)24(28)23-10-6-14-30-23/h3-15,24H,16H2,1-2H3,(H,26,29)/t24-/m1/s1. The van der Waals surface area contributed by atoms with E-state index in [2.05, 4.69) is 63.9 Å². The topological polar surface area (TPSA) is 37.3 Å². The van der Waals surface area contributed by atoms with Crippen LogP contribution in [0.25, 0.3) is 5.69 Å². The van der Waals surface area contributed by atoms with Gasteiger partial charge in [0.2, 0.25) is 0 Å². The third-order valence-corrected chi connectivity index (χ3v) is 6.60. The summed E-state index contributed by atoms with van der Waals surface area (Å²) in [5, 5.41) is 5.25. The van der Waals surface area contributed by atoms with Gasteiger partial charge in [0.25, 0.3) is 0 Å². The fourth-order valence-electron chi connectivity index (χ4n) is 4.14. The van der Waals surface area contributed by atoms with Gasteiger partial charge in [0, 0.05) is 16.8 Å². The van der Waals surface area contributed by atoms with Crippen LogP contribution >= 0.6 is 11.3 Å². The van der Waals surface area contributed by atoms with Crippen LogP contribution in [0.4, 0.5) is 10.5 Å². The van der Waals surface area contributed by atoms with Crippen molar-refractivity contribution < 1.29 is 4.79 Å². The molecule has 0 unspecified atom stereocenters. The number of amides is 2. The monoisotopic (exact) mass is 413 g/mol. The maximum absolute atomic E-state index is 13.6. The average molecular weight is 414 g/mol. The molecule has 1 N–H and O–H groups in total. The van der Waals surface area contributed by atoms with Crippen LogP contribution in [0.15, 0.2) is 78.3 Å². The van der Waals surface area contributed by atoms with Gasteiger partial charge in [-0.05, 0) is 66.2 Å². The summed E-state index contributed by atoms with van der Waals surface area (Å²) >= 11 is 1.68. The largest absolute Gasteiger partial charge is 0.323 e. The van der Waals surface area contributed by atoms with Crippen molar-refractivity contribution in [3.8, 4) is 5.69 Å². The quantitative estimate of drug-likeness (QED) is 0.412. The van der Waals surface area contributed by atoms with Crippen molar-refractivity contribution in [3.05, 3.63) is 106 Å². The zero-order valence-corrected chi connectivity index (χ0v) is 17.8. The van der Waals surface area contributed by atoms with Gasteiger partial charge in [0.1, 0.15) is 6.04 Å². The summed E-state index contributed by atoms with van der Waals surface area (Å²) < 4.78 is 2.21. The number of nitrogens with one attached hydrogen (secondary N) is 1. The second-order valence-electron chi connectivity index (χ2n) is 7.73. The van der Waals surface area contributed by atoms with Crippen molar-refractivity contribution in [1.82, 2.24) is 9.47 Å². The number of aryl methyl sites for hydroxylation is 2. The summed E-state index contributed by atoms with van der Waals surface area (Å²) in [5.41, 5.74) is 6.39. The molecule has 0 saturated carbocycles. The Bertz CT molecular complexity index is 1210. The van der Waals surface area contributed by atoms with Crippen LogP contribution in [0.3, 0.4) is 0 Å². The molecule has 1 aliphatic rings. The van der Waals surface area contributed by atoms with Gasteiger partial charge in [-0.1, -0.05) is 36.4 Å². The van der Waals surface area contributed by atoms with E-state index in [1.807, 2.05) is 43.0 Å². The summed E-state index contributed by atoms with van der Waals surface area (Å²) in [6.45, 7) is 4.60. The van der Waals surface area contributed by atoms with Crippen LogP contribution in [0.5, 0.6) is 0 Å². The third-order valence-electron chi connectivity index (χ3n) is 5.67. The molecule has 0 fully saturated rings. The zero-order chi connectivity index (χ0) is 20.7. The van der Waals surface area contributed by atoms with E-state index in [-0.39, 0.29) is 12.1 Å². The van der Waals surface area contributed by atoms with Crippen molar-refractivity contribution in [3.63, 3.8) is 0 Å². The summed E-state index contributed by atoms with van der Waals surface area (Å²) in [5.74, 6) is 0. The van der Waals surface area contributed by atoms with Crippen molar-refractivity contribution in [2.75, 3.05) is 5.32 Å². The Morgan fingerprint density at radius 3 is 2.73 bits per heavy atom. The van der Waals surface area contributed by atoms with E-state index in [1.54, 1.807) is 11.3 Å². The van der Waals surface area contributed by atoms with E-state index in [0.717, 1.165) is 38.6 Å². The molecule has 30 heavy (non-hydrogen) atoms. The highest BCUT2D eigenvalue weighted by Gasteiger charge is 2.33. The lowest BCUT2D eigenvalue weighted by Gasteiger charge is -2.30. The van der Waals surface area contributed by atoms with Crippen molar-refractivity contribution in [1.29, 1.82) is 0 Å². The van der Waals surface area contributed by atoms with E-state index in [0.29, 0.717) is 6.54 Å². The smallest absolute Gasteiger partial charge is 0.318 e. The Morgan fingerprint density at radius 1 is 1.03 bits per heavy atom. The van der Waals surface area contributed by atoms with E-state index >= 15 is 0 Å². The molecule has 4 nitrogen and oxygen atoms in total. The number of benzene rings is 2. The normalized spacial score (nSPS) is 15.3. The van der Waals surface area contributed by atoms with Crippen LogP contribution in [0, 0.1) is 13.8 Å². The molecule has 1 atom stereocenters. The maximum Gasteiger partial charge on any atom is 0.323 e. The second-order valence-corrected chi connectivity index (χ2v) is 8.71. The number of thiophene rings is 1. The molecule has 2 aromatic heterocycles. The molecule has 150 valence electrons. The van der Waals surface area contributed by atoms with Crippen LogP contribution in [0.2, 0.25) is 0 Å². The van der Waals surface area contributed by atoms with Crippen molar-refractivity contribution in [2.24, 2.45) is 0 Å². The predicted octanol–water partition coefficient (Wildman–Crippen LogP) is 6.29. The number of anilines is 1. The summed E-state index contributed by atoms with van der Waals surface area (Å²) in [6.07, 6.45) is 2.08. The molecule has 0 radical (unpaired) electrons. The first-order chi connectivity index (χ1) is 14.6. The molecular formula is C25H23N3OS. The molecule has 2 amide bonds. The molecule has 0 saturated heterocycles. The van der Waals surface area contributed by atoms with Crippen molar-refractivity contribution in [2.45, 2.75) is 26.4 Å². The van der Waals surface area contributed by atoms with Crippen molar-refractivity contribution >= 4 is 23.1 Å². The second kappa shape index (κ2) is 7.50. The Kier molecular flexibility index (Phi) is 4.68. The number of hydrogen-bond donors (Lipinski definition) is 1. The number of urea groups is 1. The molecule has 0 bridgehead atoms. The lowest BCUT2D eigenvalue weighted by atomic mass is 10.1. The molecule has 3 heterocycles. The molecule has 0 spiro atoms. The average Bonchev–Trinajstić information content (AvgIpc) is 3.42. The number of nitrogens with zero attached hydrogens (tertiary/aromatic N) is 2. The van der Waals surface area contributed by atoms with Crippen LogP contribution in [-0.2, 0) is 6.54 Å². The number of carbonyl (C=O) groups is 1. The van der Waals surface area contributed by atoms with Crippen LogP contribution < -0.4 is 5.32 Å². The first-order valence-electron chi connectivity index (χ1n) is 10.1.